The Morgan fingerprint density at radius 2 is 1.83 bits per heavy atom. The molecule has 0 aromatic heterocycles. The number of nitrogens with zero attached hydrogens (tertiary/aromatic N) is 1. The van der Waals surface area contributed by atoms with Crippen molar-refractivity contribution in [2.45, 2.75) is 51.6 Å². The van der Waals surface area contributed by atoms with Gasteiger partial charge in [-0.1, -0.05) is 43.5 Å². The molecule has 3 atom stereocenters. The molecule has 1 aromatic carbocycles. The summed E-state index contributed by atoms with van der Waals surface area (Å²) in [5, 5.41) is 11.3. The highest BCUT2D eigenvalue weighted by atomic mass is 35.5. The molecule has 4 heteroatoms. The van der Waals surface area contributed by atoms with Gasteiger partial charge < -0.3 is 10.0 Å². The Labute approximate surface area is 150 Å². The number of hydrogen-bond donors (Lipinski definition) is 1. The summed E-state index contributed by atoms with van der Waals surface area (Å²) in [7, 11) is 0. The fourth-order valence-corrected chi connectivity index (χ4v) is 4.41. The number of rotatable bonds is 3. The molecule has 0 spiro atoms. The van der Waals surface area contributed by atoms with Crippen molar-refractivity contribution >= 4 is 17.5 Å². The van der Waals surface area contributed by atoms with Crippen LogP contribution in [-0.4, -0.2) is 29.0 Å². The minimum atomic E-state index is -0.464. The van der Waals surface area contributed by atoms with Crippen LogP contribution in [0, 0.1) is 17.8 Å². The van der Waals surface area contributed by atoms with Crippen LogP contribution in [0.25, 0.3) is 0 Å². The van der Waals surface area contributed by atoms with Crippen LogP contribution in [0.2, 0.25) is 5.02 Å². The third kappa shape index (κ3) is 4.12. The van der Waals surface area contributed by atoms with E-state index in [1.54, 1.807) is 0 Å². The smallest absolute Gasteiger partial charge is 0.225 e. The maximum atomic E-state index is 12.7. The van der Waals surface area contributed by atoms with Crippen molar-refractivity contribution < 1.29 is 9.90 Å². The average Bonchev–Trinajstić information content (AvgIpc) is 2.61. The van der Waals surface area contributed by atoms with Gasteiger partial charge in [-0.15, -0.1) is 0 Å². The molecule has 0 bridgehead atoms. The van der Waals surface area contributed by atoms with Gasteiger partial charge in [-0.2, -0.15) is 0 Å². The number of benzene rings is 1. The second-order valence-electron chi connectivity index (χ2n) is 7.63. The first-order valence-electron chi connectivity index (χ1n) is 9.27. The largest absolute Gasteiger partial charge is 0.388 e. The van der Waals surface area contributed by atoms with Crippen molar-refractivity contribution in [1.29, 1.82) is 0 Å². The molecule has 1 saturated heterocycles. The summed E-state index contributed by atoms with van der Waals surface area (Å²) < 4.78 is 0. The van der Waals surface area contributed by atoms with Crippen LogP contribution in [0.1, 0.15) is 57.1 Å². The van der Waals surface area contributed by atoms with Crippen LogP contribution in [-0.2, 0) is 4.79 Å². The first-order chi connectivity index (χ1) is 11.5. The van der Waals surface area contributed by atoms with Gasteiger partial charge in [-0.05, 0) is 55.2 Å². The maximum absolute atomic E-state index is 12.7. The van der Waals surface area contributed by atoms with E-state index in [1.807, 2.05) is 29.2 Å². The number of hydrogen-bond acceptors (Lipinski definition) is 2. The summed E-state index contributed by atoms with van der Waals surface area (Å²) in [5.41, 5.74) is 0.922. The number of amides is 1. The van der Waals surface area contributed by atoms with Gasteiger partial charge >= 0.3 is 0 Å². The predicted octanol–water partition coefficient (Wildman–Crippen LogP) is 4.44. The number of aliphatic hydroxyl groups excluding tert-OH is 1. The molecule has 1 N–H and O–H groups in total. The van der Waals surface area contributed by atoms with Crippen molar-refractivity contribution in [3.8, 4) is 0 Å². The molecule has 3 nitrogen and oxygen atoms in total. The van der Waals surface area contributed by atoms with E-state index in [9.17, 15) is 9.90 Å². The molecule has 3 unspecified atom stereocenters. The van der Waals surface area contributed by atoms with Crippen LogP contribution < -0.4 is 0 Å². The molecule has 1 saturated carbocycles. The molecule has 1 aliphatic carbocycles. The van der Waals surface area contributed by atoms with E-state index in [2.05, 4.69) is 6.92 Å². The molecule has 132 valence electrons. The number of likely N-dealkylation sites (tertiary alicyclic amines) is 1. The van der Waals surface area contributed by atoms with E-state index >= 15 is 0 Å². The van der Waals surface area contributed by atoms with Crippen LogP contribution in [0.4, 0.5) is 0 Å². The Morgan fingerprint density at radius 3 is 2.46 bits per heavy atom. The van der Waals surface area contributed by atoms with Crippen molar-refractivity contribution in [2.24, 2.45) is 17.8 Å². The Morgan fingerprint density at radius 1 is 1.17 bits per heavy atom. The van der Waals surface area contributed by atoms with Gasteiger partial charge in [0, 0.05) is 24.0 Å². The zero-order valence-electron chi connectivity index (χ0n) is 14.5. The monoisotopic (exact) mass is 349 g/mol. The standard InChI is InChI=1S/C20H28ClNO2/c1-14-3-2-4-17(13-14)20(24)22-11-9-16(10-12-22)19(23)15-5-7-18(21)8-6-15/h5-8,14,16-17,19,23H,2-4,9-13H2,1H3. The molecule has 1 heterocycles. The lowest BCUT2D eigenvalue weighted by molar-refractivity contribution is -0.139. The van der Waals surface area contributed by atoms with Crippen LogP contribution in [0.15, 0.2) is 24.3 Å². The van der Waals surface area contributed by atoms with Crippen molar-refractivity contribution in [1.82, 2.24) is 4.90 Å². The zero-order valence-corrected chi connectivity index (χ0v) is 15.2. The molecule has 24 heavy (non-hydrogen) atoms. The molecule has 2 fully saturated rings. The first-order valence-corrected chi connectivity index (χ1v) is 9.64. The third-order valence-electron chi connectivity index (χ3n) is 5.79. The third-order valence-corrected chi connectivity index (χ3v) is 6.05. The van der Waals surface area contributed by atoms with E-state index in [4.69, 9.17) is 11.6 Å². The summed E-state index contributed by atoms with van der Waals surface area (Å²) in [5.74, 6) is 1.48. The molecular formula is C20H28ClNO2. The summed E-state index contributed by atoms with van der Waals surface area (Å²) in [6, 6.07) is 7.44. The van der Waals surface area contributed by atoms with Crippen molar-refractivity contribution in [3.63, 3.8) is 0 Å². The van der Waals surface area contributed by atoms with E-state index < -0.39 is 6.10 Å². The number of aliphatic hydroxyl groups is 1. The molecule has 1 aromatic rings. The van der Waals surface area contributed by atoms with Gasteiger partial charge in [-0.25, -0.2) is 0 Å². The Kier molecular flexibility index (Phi) is 5.83. The van der Waals surface area contributed by atoms with Crippen molar-refractivity contribution in [2.75, 3.05) is 13.1 Å². The lowest BCUT2D eigenvalue weighted by Gasteiger charge is -2.37. The Bertz CT molecular complexity index is 551. The van der Waals surface area contributed by atoms with Gasteiger partial charge in [0.15, 0.2) is 0 Å². The van der Waals surface area contributed by atoms with Gasteiger partial charge in [0.05, 0.1) is 6.10 Å². The normalized spacial score (nSPS) is 27.0. The molecule has 0 radical (unpaired) electrons. The molecule has 2 aliphatic rings. The van der Waals surface area contributed by atoms with Gasteiger partial charge in [0.1, 0.15) is 0 Å². The molecule has 3 rings (SSSR count). The quantitative estimate of drug-likeness (QED) is 0.876. The summed E-state index contributed by atoms with van der Waals surface area (Å²) in [4.78, 5) is 14.8. The van der Waals surface area contributed by atoms with Crippen LogP contribution in [0.3, 0.4) is 0 Å². The lowest BCUT2D eigenvalue weighted by atomic mass is 9.81. The van der Waals surface area contributed by atoms with Gasteiger partial charge in [-0.3, -0.25) is 4.79 Å². The molecule has 1 amide bonds. The highest BCUT2D eigenvalue weighted by Crippen LogP contribution is 2.34. The predicted molar refractivity (Wildman–Crippen MR) is 96.8 cm³/mol. The van der Waals surface area contributed by atoms with Gasteiger partial charge in [0.2, 0.25) is 5.91 Å². The molecule has 1 aliphatic heterocycles. The van der Waals surface area contributed by atoms with E-state index in [-0.39, 0.29) is 11.8 Å². The van der Waals surface area contributed by atoms with E-state index in [0.29, 0.717) is 16.8 Å². The first kappa shape index (κ1) is 17.8. The maximum Gasteiger partial charge on any atom is 0.225 e. The van der Waals surface area contributed by atoms with E-state index in [1.165, 1.54) is 12.8 Å². The highest BCUT2D eigenvalue weighted by molar-refractivity contribution is 6.30. The summed E-state index contributed by atoms with van der Waals surface area (Å²) in [6.07, 6.45) is 5.83. The Balaban J connectivity index is 1.53. The fourth-order valence-electron chi connectivity index (χ4n) is 4.28. The second-order valence-corrected chi connectivity index (χ2v) is 8.06. The minimum absolute atomic E-state index is 0.223. The minimum Gasteiger partial charge on any atom is -0.388 e. The average molecular weight is 350 g/mol. The van der Waals surface area contributed by atoms with Crippen LogP contribution >= 0.6 is 11.6 Å². The van der Waals surface area contributed by atoms with E-state index in [0.717, 1.165) is 44.3 Å². The summed E-state index contributed by atoms with van der Waals surface area (Å²) >= 11 is 5.91. The SMILES string of the molecule is CC1CCCC(C(=O)N2CCC(C(O)c3ccc(Cl)cc3)CC2)C1. The van der Waals surface area contributed by atoms with Gasteiger partial charge in [0.25, 0.3) is 0 Å². The number of piperidine rings is 1. The summed E-state index contributed by atoms with van der Waals surface area (Å²) in [6.45, 7) is 3.81. The highest BCUT2D eigenvalue weighted by Gasteiger charge is 2.32. The number of carbonyl (C=O) groups is 1. The zero-order chi connectivity index (χ0) is 17.1. The lowest BCUT2D eigenvalue weighted by Crippen LogP contribution is -2.43. The van der Waals surface area contributed by atoms with Crippen molar-refractivity contribution in [3.05, 3.63) is 34.9 Å². The van der Waals surface area contributed by atoms with Crippen LogP contribution in [0.5, 0.6) is 0 Å². The fraction of sp³-hybridized carbons (Fsp3) is 0.650. The Hall–Kier alpha value is -1.06. The second kappa shape index (κ2) is 7.88. The topological polar surface area (TPSA) is 40.5 Å². The number of halogens is 1. The number of carbonyl (C=O) groups excluding carboxylic acids is 1. The molecular weight excluding hydrogens is 322 g/mol.